The number of amides is 1. The number of ether oxygens (including phenoxy) is 1. The first-order chi connectivity index (χ1) is 8.31. The lowest BCUT2D eigenvalue weighted by atomic mass is 9.98. The van der Waals surface area contributed by atoms with E-state index in [4.69, 9.17) is 4.74 Å². The lowest BCUT2D eigenvalue weighted by molar-refractivity contribution is -0.120. The van der Waals surface area contributed by atoms with Crippen molar-refractivity contribution in [2.75, 3.05) is 18.6 Å². The van der Waals surface area contributed by atoms with E-state index < -0.39 is 0 Å². The van der Waals surface area contributed by atoms with Crippen molar-refractivity contribution < 1.29 is 9.53 Å². The van der Waals surface area contributed by atoms with Gasteiger partial charge in [-0.15, -0.1) is 0 Å². The number of hydrogen-bond acceptors (Lipinski definition) is 2. The second-order valence-corrected chi connectivity index (χ2v) is 4.84. The molecule has 1 aromatic carbocycles. The quantitative estimate of drug-likeness (QED) is 0.782. The number of carbonyl (C=O) groups excluding carboxylic acids is 1. The summed E-state index contributed by atoms with van der Waals surface area (Å²) in [6, 6.07) is 8.09. The molecular weight excluding hydrogens is 214 g/mol. The Balaban J connectivity index is 1.95. The summed E-state index contributed by atoms with van der Waals surface area (Å²) in [5, 5.41) is 0. The van der Waals surface area contributed by atoms with E-state index in [0.29, 0.717) is 5.91 Å². The van der Waals surface area contributed by atoms with E-state index in [-0.39, 0.29) is 12.0 Å². The van der Waals surface area contributed by atoms with Crippen LogP contribution in [0.2, 0.25) is 0 Å². The van der Waals surface area contributed by atoms with E-state index >= 15 is 0 Å². The maximum absolute atomic E-state index is 12.2. The van der Waals surface area contributed by atoms with Crippen molar-refractivity contribution in [2.45, 2.75) is 25.4 Å². The van der Waals surface area contributed by atoms with Crippen molar-refractivity contribution in [1.82, 2.24) is 0 Å². The van der Waals surface area contributed by atoms with E-state index in [2.05, 4.69) is 6.07 Å². The number of methoxy groups -OCH3 is 1. The van der Waals surface area contributed by atoms with Gasteiger partial charge in [-0.25, -0.2) is 0 Å². The number of nitrogens with zero attached hydrogens (tertiary/aromatic N) is 1. The number of anilines is 1. The number of fused-ring (bicyclic) bond motifs is 1. The van der Waals surface area contributed by atoms with Crippen molar-refractivity contribution in [2.24, 2.45) is 5.92 Å². The smallest absolute Gasteiger partial charge is 0.230 e. The van der Waals surface area contributed by atoms with Gasteiger partial charge in [0.1, 0.15) is 0 Å². The van der Waals surface area contributed by atoms with Gasteiger partial charge in [-0.3, -0.25) is 4.79 Å². The zero-order valence-corrected chi connectivity index (χ0v) is 10.1. The average molecular weight is 231 g/mol. The van der Waals surface area contributed by atoms with Crippen molar-refractivity contribution in [1.29, 1.82) is 0 Å². The molecule has 17 heavy (non-hydrogen) atoms. The lowest BCUT2D eigenvalue weighted by Gasteiger charge is -2.33. The summed E-state index contributed by atoms with van der Waals surface area (Å²) < 4.78 is 5.48. The summed E-state index contributed by atoms with van der Waals surface area (Å²) >= 11 is 0. The fourth-order valence-corrected chi connectivity index (χ4v) is 2.55. The Morgan fingerprint density at radius 1 is 1.29 bits per heavy atom. The van der Waals surface area contributed by atoms with Gasteiger partial charge in [-0.1, -0.05) is 18.2 Å². The van der Waals surface area contributed by atoms with E-state index in [1.165, 1.54) is 0 Å². The van der Waals surface area contributed by atoms with Crippen LogP contribution in [0.3, 0.4) is 0 Å². The van der Waals surface area contributed by atoms with Gasteiger partial charge in [0.15, 0.2) is 0 Å². The van der Waals surface area contributed by atoms with Gasteiger partial charge >= 0.3 is 0 Å². The van der Waals surface area contributed by atoms with Gasteiger partial charge in [-0.2, -0.15) is 0 Å². The van der Waals surface area contributed by atoms with Gasteiger partial charge in [0.25, 0.3) is 0 Å². The third-order valence-electron chi connectivity index (χ3n) is 3.67. The van der Waals surface area contributed by atoms with Gasteiger partial charge in [0.05, 0.1) is 6.10 Å². The zero-order valence-electron chi connectivity index (χ0n) is 10.1. The Labute approximate surface area is 101 Å². The minimum atomic E-state index is 0.134. The van der Waals surface area contributed by atoms with Crippen LogP contribution in [-0.4, -0.2) is 19.6 Å². The second kappa shape index (κ2) is 4.15. The maximum Gasteiger partial charge on any atom is 0.230 e. The number of carbonyl (C=O) groups is 1. The van der Waals surface area contributed by atoms with Crippen molar-refractivity contribution in [3.8, 4) is 0 Å². The summed E-state index contributed by atoms with van der Waals surface area (Å²) in [6.45, 7) is 0.783. The normalized spacial score (nSPS) is 23.4. The van der Waals surface area contributed by atoms with Crippen LogP contribution in [0.5, 0.6) is 0 Å². The molecule has 90 valence electrons. The molecule has 0 saturated heterocycles. The van der Waals surface area contributed by atoms with Crippen molar-refractivity contribution in [3.63, 3.8) is 0 Å². The molecule has 1 atom stereocenters. The minimum Gasteiger partial charge on any atom is -0.377 e. The molecule has 1 aliphatic heterocycles. The highest BCUT2D eigenvalue weighted by atomic mass is 16.5. The Bertz CT molecular complexity index is 440. The molecule has 0 spiro atoms. The molecule has 2 aliphatic rings. The van der Waals surface area contributed by atoms with E-state index in [9.17, 15) is 4.79 Å². The first-order valence-corrected chi connectivity index (χ1v) is 6.24. The highest BCUT2D eigenvalue weighted by molar-refractivity contribution is 5.97. The molecule has 1 heterocycles. The first kappa shape index (κ1) is 10.8. The topological polar surface area (TPSA) is 29.5 Å². The standard InChI is InChI=1S/C14H17NO2/c1-17-13-8-9-15(14(16)10-6-7-10)12-5-3-2-4-11(12)13/h2-5,10,13H,6-9H2,1H3. The van der Waals surface area contributed by atoms with Gasteiger partial charge in [0, 0.05) is 30.8 Å². The second-order valence-electron chi connectivity index (χ2n) is 4.84. The van der Waals surface area contributed by atoms with Gasteiger partial charge < -0.3 is 9.64 Å². The molecule has 3 nitrogen and oxygen atoms in total. The molecule has 3 rings (SSSR count). The van der Waals surface area contributed by atoms with E-state index in [1.54, 1.807) is 7.11 Å². The Hall–Kier alpha value is -1.35. The summed E-state index contributed by atoms with van der Waals surface area (Å²) in [6.07, 6.45) is 3.15. The summed E-state index contributed by atoms with van der Waals surface area (Å²) in [5.74, 6) is 0.578. The molecule has 1 unspecified atom stereocenters. The third kappa shape index (κ3) is 1.84. The molecule has 3 heteroatoms. The largest absolute Gasteiger partial charge is 0.377 e. The Kier molecular flexibility index (Phi) is 2.63. The Morgan fingerprint density at radius 3 is 2.76 bits per heavy atom. The van der Waals surface area contributed by atoms with Crippen LogP contribution >= 0.6 is 0 Å². The molecule has 0 radical (unpaired) electrons. The lowest BCUT2D eigenvalue weighted by Crippen LogP contribution is -2.37. The highest BCUT2D eigenvalue weighted by Crippen LogP contribution is 2.39. The molecule has 1 fully saturated rings. The van der Waals surface area contributed by atoms with E-state index in [1.807, 2.05) is 23.1 Å². The summed E-state index contributed by atoms with van der Waals surface area (Å²) in [7, 11) is 1.74. The van der Waals surface area contributed by atoms with Crippen LogP contribution in [0.1, 0.15) is 30.9 Å². The monoisotopic (exact) mass is 231 g/mol. The van der Waals surface area contributed by atoms with Gasteiger partial charge in [-0.05, 0) is 25.3 Å². The number of benzene rings is 1. The summed E-state index contributed by atoms with van der Waals surface area (Å²) in [5.41, 5.74) is 2.19. The van der Waals surface area contributed by atoms with Crippen LogP contribution in [0, 0.1) is 5.92 Å². The Morgan fingerprint density at radius 2 is 2.06 bits per heavy atom. The minimum absolute atomic E-state index is 0.134. The first-order valence-electron chi connectivity index (χ1n) is 6.24. The van der Waals surface area contributed by atoms with Crippen LogP contribution in [0.25, 0.3) is 0 Å². The molecule has 0 bridgehead atoms. The van der Waals surface area contributed by atoms with Crippen molar-refractivity contribution in [3.05, 3.63) is 29.8 Å². The van der Waals surface area contributed by atoms with Crippen LogP contribution in [0.15, 0.2) is 24.3 Å². The van der Waals surface area contributed by atoms with Gasteiger partial charge in [0.2, 0.25) is 5.91 Å². The predicted octanol–water partition coefficient (Wildman–Crippen LogP) is 2.52. The van der Waals surface area contributed by atoms with Crippen LogP contribution < -0.4 is 4.90 Å². The zero-order chi connectivity index (χ0) is 11.8. The predicted molar refractivity (Wildman–Crippen MR) is 65.9 cm³/mol. The number of rotatable bonds is 2. The molecule has 1 aromatic rings. The van der Waals surface area contributed by atoms with E-state index in [0.717, 1.165) is 37.1 Å². The fraction of sp³-hybridized carbons (Fsp3) is 0.500. The molecule has 0 N–H and O–H groups in total. The molecule has 1 saturated carbocycles. The van der Waals surface area contributed by atoms with Crippen molar-refractivity contribution >= 4 is 11.6 Å². The highest BCUT2D eigenvalue weighted by Gasteiger charge is 2.37. The van der Waals surface area contributed by atoms with Crippen LogP contribution in [0.4, 0.5) is 5.69 Å². The molecular formula is C14H17NO2. The maximum atomic E-state index is 12.2. The molecule has 0 aromatic heterocycles. The fourth-order valence-electron chi connectivity index (χ4n) is 2.55. The molecule has 1 aliphatic carbocycles. The average Bonchev–Trinajstić information content (AvgIpc) is 3.21. The molecule has 1 amide bonds. The number of hydrogen-bond donors (Lipinski definition) is 0. The van der Waals surface area contributed by atoms with Crippen LogP contribution in [-0.2, 0) is 9.53 Å². The SMILES string of the molecule is COC1CCN(C(=O)C2CC2)c2ccccc21. The third-order valence-corrected chi connectivity index (χ3v) is 3.67. The summed E-state index contributed by atoms with van der Waals surface area (Å²) in [4.78, 5) is 14.2. The number of para-hydroxylation sites is 1.